The molecular formula is C19H26O3. The van der Waals surface area contributed by atoms with Gasteiger partial charge >= 0.3 is 5.97 Å². The van der Waals surface area contributed by atoms with Crippen molar-refractivity contribution < 1.29 is 14.3 Å². The normalized spacial score (nSPS) is 29.3. The minimum Gasteiger partial charge on any atom is -0.457 e. The summed E-state index contributed by atoms with van der Waals surface area (Å²) >= 11 is 0. The van der Waals surface area contributed by atoms with Crippen molar-refractivity contribution in [2.24, 2.45) is 17.3 Å². The number of hydrogen-bond donors (Lipinski definition) is 0. The number of rotatable bonds is 5. The molecule has 2 aliphatic carbocycles. The largest absolute Gasteiger partial charge is 0.457 e. The molecule has 0 unspecified atom stereocenters. The van der Waals surface area contributed by atoms with E-state index in [1.54, 1.807) is 6.08 Å². The molecule has 0 saturated heterocycles. The number of carbonyl (C=O) groups excluding carboxylic acids is 2. The molecule has 0 bridgehead atoms. The van der Waals surface area contributed by atoms with Crippen LogP contribution < -0.4 is 0 Å². The molecule has 22 heavy (non-hydrogen) atoms. The van der Waals surface area contributed by atoms with E-state index in [-0.39, 0.29) is 35.4 Å². The van der Waals surface area contributed by atoms with Gasteiger partial charge in [0.25, 0.3) is 0 Å². The molecule has 0 aromatic carbocycles. The fourth-order valence-corrected chi connectivity index (χ4v) is 3.42. The van der Waals surface area contributed by atoms with E-state index >= 15 is 0 Å². The summed E-state index contributed by atoms with van der Waals surface area (Å²) in [4.78, 5) is 24.5. The average Bonchev–Trinajstić information content (AvgIpc) is 2.83. The van der Waals surface area contributed by atoms with Crippen LogP contribution in [-0.4, -0.2) is 17.9 Å². The zero-order valence-corrected chi connectivity index (χ0v) is 14.2. The first kappa shape index (κ1) is 16.7. The van der Waals surface area contributed by atoms with E-state index in [9.17, 15) is 9.59 Å². The number of hydrogen-bond acceptors (Lipinski definition) is 3. The van der Waals surface area contributed by atoms with Crippen LogP contribution in [0.15, 0.2) is 35.5 Å². The van der Waals surface area contributed by atoms with Gasteiger partial charge in [0, 0.05) is 5.57 Å². The third-order valence-corrected chi connectivity index (χ3v) is 4.95. The number of allylic oxidation sites excluding steroid dienone is 4. The highest BCUT2D eigenvalue weighted by Crippen LogP contribution is 2.60. The highest BCUT2D eigenvalue weighted by molar-refractivity contribution is 6.00. The number of esters is 1. The van der Waals surface area contributed by atoms with Crippen molar-refractivity contribution in [3.63, 3.8) is 0 Å². The van der Waals surface area contributed by atoms with Crippen molar-refractivity contribution in [1.82, 2.24) is 0 Å². The van der Waals surface area contributed by atoms with E-state index in [1.807, 2.05) is 20.8 Å². The van der Waals surface area contributed by atoms with Gasteiger partial charge in [-0.05, 0) is 44.1 Å². The maximum Gasteiger partial charge on any atom is 0.310 e. The zero-order valence-electron chi connectivity index (χ0n) is 14.2. The molecule has 3 atom stereocenters. The van der Waals surface area contributed by atoms with Crippen LogP contribution in [-0.2, 0) is 14.3 Å². The molecule has 0 N–H and O–H groups in total. The van der Waals surface area contributed by atoms with E-state index in [0.717, 1.165) is 11.1 Å². The Labute approximate surface area is 133 Å². The predicted octanol–water partition coefficient (Wildman–Crippen LogP) is 4.00. The second kappa shape index (κ2) is 5.86. The summed E-state index contributed by atoms with van der Waals surface area (Å²) in [6.45, 7) is 13.8. The number of ether oxygens (including phenoxy) is 1. The molecule has 0 amide bonds. The van der Waals surface area contributed by atoms with Gasteiger partial charge in [-0.2, -0.15) is 0 Å². The van der Waals surface area contributed by atoms with Crippen LogP contribution in [0.25, 0.3) is 0 Å². The van der Waals surface area contributed by atoms with Gasteiger partial charge < -0.3 is 4.74 Å². The molecule has 1 fully saturated rings. The number of ketones is 1. The van der Waals surface area contributed by atoms with Crippen molar-refractivity contribution >= 4 is 11.8 Å². The van der Waals surface area contributed by atoms with E-state index < -0.39 is 6.10 Å². The molecular weight excluding hydrogens is 276 g/mol. The van der Waals surface area contributed by atoms with Gasteiger partial charge in [-0.15, -0.1) is 6.58 Å². The standard InChI is InChI=1S/C19H26O3/c1-7-8-13-12(4)16(10-15(13)20)22-18(21)17-14(9-11(2)3)19(17,5)6/h7,9,14,16-17H,1,8,10H2,2-6H3/t14-,16+,17-/m0/s1. The maximum atomic E-state index is 12.5. The molecule has 3 nitrogen and oxygen atoms in total. The molecule has 2 aliphatic rings. The monoisotopic (exact) mass is 302 g/mol. The molecule has 3 heteroatoms. The van der Waals surface area contributed by atoms with E-state index in [1.165, 1.54) is 5.57 Å². The van der Waals surface area contributed by atoms with Crippen LogP contribution in [0.5, 0.6) is 0 Å². The van der Waals surface area contributed by atoms with Gasteiger partial charge in [0.05, 0.1) is 12.3 Å². The SMILES string of the molecule is C=CCC1=C(C)[C@H](OC(=O)[C@@H]2[C@H](C=C(C)C)C2(C)C)CC1=O. The summed E-state index contributed by atoms with van der Waals surface area (Å²) < 4.78 is 5.66. The topological polar surface area (TPSA) is 43.4 Å². The molecule has 0 heterocycles. The first-order valence-electron chi connectivity index (χ1n) is 7.89. The summed E-state index contributed by atoms with van der Waals surface area (Å²) in [7, 11) is 0. The summed E-state index contributed by atoms with van der Waals surface area (Å²) in [6.07, 6.45) is 4.31. The van der Waals surface area contributed by atoms with Crippen LogP contribution in [0.1, 0.15) is 47.5 Å². The lowest BCUT2D eigenvalue weighted by molar-refractivity contribution is -0.150. The average molecular weight is 302 g/mol. The molecule has 0 aromatic rings. The Morgan fingerprint density at radius 3 is 2.59 bits per heavy atom. The third-order valence-electron chi connectivity index (χ3n) is 4.95. The Kier molecular flexibility index (Phi) is 4.46. The van der Waals surface area contributed by atoms with Crippen LogP contribution in [0.3, 0.4) is 0 Å². The van der Waals surface area contributed by atoms with Gasteiger partial charge in [-0.3, -0.25) is 9.59 Å². The maximum absolute atomic E-state index is 12.5. The summed E-state index contributed by atoms with van der Waals surface area (Å²) in [5.41, 5.74) is 2.80. The van der Waals surface area contributed by atoms with Crippen LogP contribution in [0, 0.1) is 17.3 Å². The zero-order chi connectivity index (χ0) is 16.7. The van der Waals surface area contributed by atoms with Gasteiger partial charge in [0.15, 0.2) is 5.78 Å². The van der Waals surface area contributed by atoms with Gasteiger partial charge in [-0.1, -0.05) is 31.6 Å². The van der Waals surface area contributed by atoms with Crippen molar-refractivity contribution in [1.29, 1.82) is 0 Å². The molecule has 0 radical (unpaired) electrons. The van der Waals surface area contributed by atoms with Crippen LogP contribution >= 0.6 is 0 Å². The highest BCUT2D eigenvalue weighted by atomic mass is 16.5. The molecule has 0 aromatic heterocycles. The second-order valence-corrected chi connectivity index (χ2v) is 7.28. The fraction of sp³-hybridized carbons (Fsp3) is 0.579. The van der Waals surface area contributed by atoms with Crippen LogP contribution in [0.2, 0.25) is 0 Å². The van der Waals surface area contributed by atoms with Crippen molar-refractivity contribution in [3.8, 4) is 0 Å². The molecule has 0 spiro atoms. The quantitative estimate of drug-likeness (QED) is 0.569. The van der Waals surface area contributed by atoms with E-state index in [2.05, 4.69) is 26.5 Å². The first-order valence-corrected chi connectivity index (χ1v) is 7.89. The third kappa shape index (κ3) is 2.94. The van der Waals surface area contributed by atoms with Crippen molar-refractivity contribution in [2.45, 2.75) is 53.6 Å². The molecule has 1 saturated carbocycles. The smallest absolute Gasteiger partial charge is 0.310 e. The minimum absolute atomic E-state index is 0.0570. The lowest BCUT2D eigenvalue weighted by Gasteiger charge is -2.13. The fourth-order valence-electron chi connectivity index (χ4n) is 3.42. The molecule has 0 aliphatic heterocycles. The van der Waals surface area contributed by atoms with E-state index in [4.69, 9.17) is 4.74 Å². The van der Waals surface area contributed by atoms with Crippen molar-refractivity contribution in [2.75, 3.05) is 0 Å². The first-order chi connectivity index (χ1) is 10.2. The second-order valence-electron chi connectivity index (χ2n) is 7.28. The molecule has 2 rings (SSSR count). The Morgan fingerprint density at radius 1 is 1.41 bits per heavy atom. The minimum atomic E-state index is -0.390. The lowest BCUT2D eigenvalue weighted by atomic mass is 10.1. The highest BCUT2D eigenvalue weighted by Gasteiger charge is 2.61. The van der Waals surface area contributed by atoms with Gasteiger partial charge in [0.1, 0.15) is 6.10 Å². The summed E-state index contributed by atoms with van der Waals surface area (Å²) in [5.74, 6) is 0.0309. The Balaban J connectivity index is 2.07. The number of Topliss-reactive ketones (excluding diaryl/α,β-unsaturated/α-hetero) is 1. The molecule has 120 valence electrons. The van der Waals surface area contributed by atoms with Crippen LogP contribution in [0.4, 0.5) is 0 Å². The van der Waals surface area contributed by atoms with E-state index in [0.29, 0.717) is 6.42 Å². The van der Waals surface area contributed by atoms with Crippen molar-refractivity contribution in [3.05, 3.63) is 35.5 Å². The lowest BCUT2D eigenvalue weighted by Crippen LogP contribution is -2.20. The predicted molar refractivity (Wildman–Crippen MR) is 87.2 cm³/mol. The summed E-state index contributed by atoms with van der Waals surface area (Å²) in [5, 5.41) is 0. The summed E-state index contributed by atoms with van der Waals surface area (Å²) in [6, 6.07) is 0. The van der Waals surface area contributed by atoms with Gasteiger partial charge in [0.2, 0.25) is 0 Å². The Bertz CT molecular complexity index is 573. The number of carbonyl (C=O) groups is 2. The van der Waals surface area contributed by atoms with Gasteiger partial charge in [-0.25, -0.2) is 0 Å². The Morgan fingerprint density at radius 2 is 2.05 bits per heavy atom. The Hall–Kier alpha value is -1.64.